The summed E-state index contributed by atoms with van der Waals surface area (Å²) in [4.78, 5) is -1.26. The third kappa shape index (κ3) is 2.07. The molecule has 1 aromatic rings. The molecule has 0 saturated carbocycles. The van der Waals surface area contributed by atoms with Crippen LogP contribution in [0.2, 0.25) is 0 Å². The van der Waals surface area contributed by atoms with E-state index in [2.05, 4.69) is 4.42 Å². The molecule has 1 N–H and O–H groups in total. The second-order valence-corrected chi connectivity index (χ2v) is 3.91. The van der Waals surface area contributed by atoms with Gasteiger partial charge in [-0.1, -0.05) is 0 Å². The summed E-state index contributed by atoms with van der Waals surface area (Å²) in [6.45, 7) is 1.14. The molecule has 0 aliphatic heterocycles. The number of alkyl halides is 3. The molecule has 0 unspecified atom stereocenters. The zero-order valence-electron chi connectivity index (χ0n) is 6.79. The summed E-state index contributed by atoms with van der Waals surface area (Å²) >= 11 is 0. The van der Waals surface area contributed by atoms with Gasteiger partial charge in [-0.05, 0) is 6.92 Å². The maximum Gasteiger partial charge on any atom is 0.450 e. The van der Waals surface area contributed by atoms with Crippen LogP contribution >= 0.6 is 0 Å². The van der Waals surface area contributed by atoms with E-state index in [-0.39, 0.29) is 5.76 Å². The van der Waals surface area contributed by atoms with Gasteiger partial charge < -0.3 is 4.42 Å². The first-order valence-corrected chi connectivity index (χ1v) is 4.71. The topological polar surface area (TPSA) is 67.5 Å². The monoisotopic (exact) mass is 230 g/mol. The van der Waals surface area contributed by atoms with Gasteiger partial charge in [0.2, 0.25) is 5.76 Å². The Morgan fingerprint density at radius 3 is 2.21 bits per heavy atom. The van der Waals surface area contributed by atoms with Crippen LogP contribution in [0.3, 0.4) is 0 Å². The van der Waals surface area contributed by atoms with Crippen molar-refractivity contribution in [2.24, 2.45) is 0 Å². The normalized spacial score (nSPS) is 13.2. The maximum atomic E-state index is 12.1. The van der Waals surface area contributed by atoms with E-state index in [1.54, 1.807) is 0 Å². The summed E-state index contributed by atoms with van der Waals surface area (Å²) in [6, 6.07) is 0.609. The molecule has 4 nitrogen and oxygen atoms in total. The molecule has 0 atom stereocenters. The SMILES string of the molecule is Cc1cc(S(=O)(=O)O)c(C(F)(F)F)o1. The number of hydrogen-bond acceptors (Lipinski definition) is 3. The Bertz CT molecular complexity index is 442. The van der Waals surface area contributed by atoms with Crippen LogP contribution in [0, 0.1) is 6.92 Å². The quantitative estimate of drug-likeness (QED) is 0.747. The molecule has 14 heavy (non-hydrogen) atoms. The second kappa shape index (κ2) is 2.99. The van der Waals surface area contributed by atoms with Crippen molar-refractivity contribution in [1.29, 1.82) is 0 Å². The lowest BCUT2D eigenvalue weighted by Crippen LogP contribution is -2.09. The molecule has 8 heteroatoms. The molecule has 0 amide bonds. The molecule has 0 spiro atoms. The minimum atomic E-state index is -4.95. The van der Waals surface area contributed by atoms with Gasteiger partial charge in [-0.2, -0.15) is 21.6 Å². The molecule has 0 aliphatic carbocycles. The Morgan fingerprint density at radius 2 is 1.93 bits per heavy atom. The third-order valence-corrected chi connectivity index (χ3v) is 2.22. The highest BCUT2D eigenvalue weighted by molar-refractivity contribution is 7.85. The molecule has 0 fully saturated rings. The van der Waals surface area contributed by atoms with Crippen molar-refractivity contribution in [1.82, 2.24) is 0 Å². The Labute approximate surface area is 77.1 Å². The van der Waals surface area contributed by atoms with Crippen molar-refractivity contribution in [2.45, 2.75) is 18.0 Å². The van der Waals surface area contributed by atoms with Gasteiger partial charge >= 0.3 is 6.18 Å². The maximum absolute atomic E-state index is 12.1. The van der Waals surface area contributed by atoms with E-state index >= 15 is 0 Å². The lowest BCUT2D eigenvalue weighted by molar-refractivity contribution is -0.156. The fraction of sp³-hybridized carbons (Fsp3) is 0.333. The van der Waals surface area contributed by atoms with Crippen molar-refractivity contribution in [3.05, 3.63) is 17.6 Å². The number of halogens is 3. The largest absolute Gasteiger partial charge is 0.455 e. The average molecular weight is 230 g/mol. The summed E-state index contributed by atoms with van der Waals surface area (Å²) < 4.78 is 70.0. The van der Waals surface area contributed by atoms with Gasteiger partial charge in [0, 0.05) is 6.07 Å². The van der Waals surface area contributed by atoms with Gasteiger partial charge in [-0.15, -0.1) is 0 Å². The van der Waals surface area contributed by atoms with Crippen LogP contribution in [0.15, 0.2) is 15.4 Å². The molecule has 1 rings (SSSR count). The van der Waals surface area contributed by atoms with Gasteiger partial charge in [0.15, 0.2) is 0 Å². The van der Waals surface area contributed by atoms with E-state index in [4.69, 9.17) is 4.55 Å². The standard InChI is InChI=1S/C6H5F3O4S/c1-3-2-4(14(10,11)12)5(13-3)6(7,8)9/h2H,1H3,(H,10,11,12). The fourth-order valence-electron chi connectivity index (χ4n) is 0.880. The van der Waals surface area contributed by atoms with Crippen LogP contribution < -0.4 is 0 Å². The number of aryl methyl sites for hydroxylation is 1. The molecule has 0 radical (unpaired) electrons. The minimum Gasteiger partial charge on any atom is -0.455 e. The van der Waals surface area contributed by atoms with E-state index in [9.17, 15) is 21.6 Å². The highest BCUT2D eigenvalue weighted by Crippen LogP contribution is 2.35. The Hall–Kier alpha value is -1.02. The van der Waals surface area contributed by atoms with Crippen LogP contribution in [-0.4, -0.2) is 13.0 Å². The lowest BCUT2D eigenvalue weighted by Gasteiger charge is -2.03. The van der Waals surface area contributed by atoms with Gasteiger partial charge in [0.1, 0.15) is 10.7 Å². The predicted octanol–water partition coefficient (Wildman–Crippen LogP) is 1.85. The number of furan rings is 1. The van der Waals surface area contributed by atoms with E-state index < -0.39 is 27.0 Å². The first-order chi connectivity index (χ1) is 6.12. The molecule has 0 bridgehead atoms. The molecule has 1 aromatic heterocycles. The van der Waals surface area contributed by atoms with Crippen molar-refractivity contribution in [3.63, 3.8) is 0 Å². The van der Waals surface area contributed by atoms with Crippen LogP contribution in [0.5, 0.6) is 0 Å². The fourth-order valence-corrected chi connectivity index (χ4v) is 1.59. The Morgan fingerprint density at radius 1 is 1.43 bits per heavy atom. The van der Waals surface area contributed by atoms with Gasteiger partial charge in [0.05, 0.1) is 0 Å². The summed E-state index contributed by atoms with van der Waals surface area (Å²) in [5.74, 6) is -1.96. The van der Waals surface area contributed by atoms with Crippen molar-refractivity contribution < 1.29 is 30.6 Å². The van der Waals surface area contributed by atoms with Crippen LogP contribution in [0.25, 0.3) is 0 Å². The lowest BCUT2D eigenvalue weighted by atomic mass is 10.4. The van der Waals surface area contributed by atoms with Gasteiger partial charge in [0.25, 0.3) is 10.1 Å². The van der Waals surface area contributed by atoms with Gasteiger partial charge in [-0.3, -0.25) is 4.55 Å². The molecule has 0 aliphatic rings. The van der Waals surface area contributed by atoms with Crippen molar-refractivity contribution in [2.75, 3.05) is 0 Å². The Balaban J connectivity index is 3.46. The zero-order valence-corrected chi connectivity index (χ0v) is 7.61. The van der Waals surface area contributed by atoms with E-state index in [0.717, 1.165) is 6.92 Å². The summed E-state index contributed by atoms with van der Waals surface area (Å²) in [5.41, 5.74) is 0. The first-order valence-electron chi connectivity index (χ1n) is 3.27. The minimum absolute atomic E-state index is 0.245. The first kappa shape index (κ1) is 11.1. The van der Waals surface area contributed by atoms with Gasteiger partial charge in [-0.25, -0.2) is 0 Å². The molecule has 0 saturated heterocycles. The van der Waals surface area contributed by atoms with Crippen LogP contribution in [0.1, 0.15) is 11.5 Å². The summed E-state index contributed by atoms with van der Waals surface area (Å²) in [7, 11) is -4.91. The van der Waals surface area contributed by atoms with Crippen LogP contribution in [-0.2, 0) is 16.3 Å². The zero-order chi connectivity index (χ0) is 11.1. The molecule has 1 heterocycles. The van der Waals surface area contributed by atoms with E-state index in [1.807, 2.05) is 0 Å². The van der Waals surface area contributed by atoms with Crippen LogP contribution in [0.4, 0.5) is 13.2 Å². The molecular formula is C6H5F3O4S. The molecular weight excluding hydrogens is 225 g/mol. The predicted molar refractivity (Wildman–Crippen MR) is 38.3 cm³/mol. The highest BCUT2D eigenvalue weighted by Gasteiger charge is 2.41. The second-order valence-electron chi connectivity index (χ2n) is 2.52. The number of rotatable bonds is 1. The Kier molecular flexibility index (Phi) is 2.36. The number of hydrogen-bond donors (Lipinski definition) is 1. The van der Waals surface area contributed by atoms with Crippen molar-refractivity contribution in [3.8, 4) is 0 Å². The average Bonchev–Trinajstić information content (AvgIpc) is 2.27. The molecule has 80 valence electrons. The smallest absolute Gasteiger partial charge is 0.450 e. The summed E-state index contributed by atoms with van der Waals surface area (Å²) in [5, 5.41) is 0. The third-order valence-electron chi connectivity index (χ3n) is 1.36. The summed E-state index contributed by atoms with van der Waals surface area (Å²) in [6.07, 6.45) is -4.95. The van der Waals surface area contributed by atoms with E-state index in [1.165, 1.54) is 0 Å². The molecule has 0 aromatic carbocycles. The van der Waals surface area contributed by atoms with E-state index in [0.29, 0.717) is 6.07 Å². The van der Waals surface area contributed by atoms with Crippen molar-refractivity contribution >= 4 is 10.1 Å². The highest BCUT2D eigenvalue weighted by atomic mass is 32.2.